The summed E-state index contributed by atoms with van der Waals surface area (Å²) in [4.78, 5) is 24.7. The molecular weight excluding hydrogens is 414 g/mol. The van der Waals surface area contributed by atoms with Crippen molar-refractivity contribution in [3.8, 4) is 5.75 Å². The summed E-state index contributed by atoms with van der Waals surface area (Å²) in [6.45, 7) is 3.98. The van der Waals surface area contributed by atoms with E-state index in [4.69, 9.17) is 4.74 Å². The number of hydrogen-bond donors (Lipinski definition) is 2. The number of nitrogens with zero attached hydrogens (tertiary/aromatic N) is 3. The van der Waals surface area contributed by atoms with Gasteiger partial charge in [0.1, 0.15) is 11.6 Å². The summed E-state index contributed by atoms with van der Waals surface area (Å²) in [6.07, 6.45) is 0.0655. The SMILES string of the molecule is COc1cccc(NC(=O)Cc2nnc(SCC(=O)Nc3cc(C)cc(C)c3)n2C)c1. The maximum Gasteiger partial charge on any atom is 0.234 e. The van der Waals surface area contributed by atoms with Crippen LogP contribution in [-0.2, 0) is 23.1 Å². The second-order valence-electron chi connectivity index (χ2n) is 7.13. The van der Waals surface area contributed by atoms with Gasteiger partial charge in [0.2, 0.25) is 11.8 Å². The van der Waals surface area contributed by atoms with Gasteiger partial charge in [-0.1, -0.05) is 23.9 Å². The maximum absolute atomic E-state index is 12.4. The third kappa shape index (κ3) is 6.32. The molecule has 0 spiro atoms. The fourth-order valence-electron chi connectivity index (χ4n) is 3.05. The Bertz CT molecular complexity index is 1080. The fraction of sp³-hybridized carbons (Fsp3) is 0.273. The van der Waals surface area contributed by atoms with E-state index in [9.17, 15) is 9.59 Å². The molecule has 162 valence electrons. The summed E-state index contributed by atoms with van der Waals surface area (Å²) in [5, 5.41) is 14.5. The molecule has 2 aromatic carbocycles. The summed E-state index contributed by atoms with van der Waals surface area (Å²) in [7, 11) is 3.35. The van der Waals surface area contributed by atoms with Crippen molar-refractivity contribution in [1.82, 2.24) is 14.8 Å². The summed E-state index contributed by atoms with van der Waals surface area (Å²) in [5.74, 6) is 1.02. The number of methoxy groups -OCH3 is 1. The standard InChI is InChI=1S/C22H25N5O3S/c1-14-8-15(2)10-17(9-14)24-21(29)13-31-22-26-25-19(27(22)3)12-20(28)23-16-6-5-7-18(11-16)30-4/h5-11H,12-13H2,1-4H3,(H,23,28)(H,24,29). The molecule has 0 aliphatic rings. The van der Waals surface area contributed by atoms with Crippen molar-refractivity contribution in [1.29, 1.82) is 0 Å². The van der Waals surface area contributed by atoms with Crippen LogP contribution < -0.4 is 15.4 Å². The number of amides is 2. The van der Waals surface area contributed by atoms with Gasteiger partial charge in [-0.2, -0.15) is 0 Å². The van der Waals surface area contributed by atoms with E-state index < -0.39 is 0 Å². The fourth-order valence-corrected chi connectivity index (χ4v) is 3.78. The van der Waals surface area contributed by atoms with Crippen molar-refractivity contribution >= 4 is 35.0 Å². The zero-order valence-corrected chi connectivity index (χ0v) is 18.7. The number of thioether (sulfide) groups is 1. The minimum atomic E-state index is -0.215. The number of aryl methyl sites for hydroxylation is 2. The van der Waals surface area contributed by atoms with Crippen LogP contribution >= 0.6 is 11.8 Å². The quantitative estimate of drug-likeness (QED) is 0.523. The maximum atomic E-state index is 12.4. The monoisotopic (exact) mass is 439 g/mol. The van der Waals surface area contributed by atoms with Crippen LogP contribution in [0.5, 0.6) is 5.75 Å². The van der Waals surface area contributed by atoms with Crippen LogP contribution in [0.4, 0.5) is 11.4 Å². The molecule has 2 N–H and O–H groups in total. The second kappa shape index (κ2) is 10.1. The molecule has 8 nitrogen and oxygen atoms in total. The van der Waals surface area contributed by atoms with E-state index in [1.807, 2.05) is 26.0 Å². The largest absolute Gasteiger partial charge is 0.497 e. The number of benzene rings is 2. The molecule has 0 fully saturated rings. The summed E-state index contributed by atoms with van der Waals surface area (Å²) in [6, 6.07) is 13.0. The van der Waals surface area contributed by atoms with Gasteiger partial charge in [-0.3, -0.25) is 9.59 Å². The first-order chi connectivity index (χ1) is 14.8. The van der Waals surface area contributed by atoms with Gasteiger partial charge in [0, 0.05) is 24.5 Å². The van der Waals surface area contributed by atoms with Crippen molar-refractivity contribution < 1.29 is 14.3 Å². The Kier molecular flexibility index (Phi) is 7.30. The number of anilines is 2. The predicted molar refractivity (Wildman–Crippen MR) is 122 cm³/mol. The molecule has 0 aliphatic heterocycles. The van der Waals surface area contributed by atoms with Gasteiger partial charge in [0.05, 0.1) is 19.3 Å². The van der Waals surface area contributed by atoms with E-state index in [0.717, 1.165) is 16.8 Å². The number of nitrogens with one attached hydrogen (secondary N) is 2. The Morgan fingerprint density at radius 1 is 1.00 bits per heavy atom. The van der Waals surface area contributed by atoms with E-state index in [-0.39, 0.29) is 24.0 Å². The van der Waals surface area contributed by atoms with Crippen molar-refractivity contribution in [2.45, 2.75) is 25.4 Å². The summed E-state index contributed by atoms with van der Waals surface area (Å²) in [5.41, 5.74) is 3.60. The average molecular weight is 440 g/mol. The van der Waals surface area contributed by atoms with Crippen LogP contribution in [0.1, 0.15) is 17.0 Å². The highest BCUT2D eigenvalue weighted by atomic mass is 32.2. The summed E-state index contributed by atoms with van der Waals surface area (Å²) < 4.78 is 6.88. The molecule has 0 saturated heterocycles. The van der Waals surface area contributed by atoms with E-state index in [2.05, 4.69) is 26.9 Å². The smallest absolute Gasteiger partial charge is 0.234 e. The molecule has 9 heteroatoms. The molecule has 0 radical (unpaired) electrons. The molecular formula is C22H25N5O3S. The van der Waals surface area contributed by atoms with Gasteiger partial charge in [0.25, 0.3) is 0 Å². The number of carbonyl (C=O) groups is 2. The normalized spacial score (nSPS) is 10.6. The van der Waals surface area contributed by atoms with Crippen LogP contribution in [-0.4, -0.2) is 39.4 Å². The Morgan fingerprint density at radius 3 is 2.42 bits per heavy atom. The highest BCUT2D eigenvalue weighted by Crippen LogP contribution is 2.19. The molecule has 31 heavy (non-hydrogen) atoms. The van der Waals surface area contributed by atoms with E-state index in [1.54, 1.807) is 43.0 Å². The minimum Gasteiger partial charge on any atom is -0.497 e. The molecule has 0 saturated carbocycles. The first kappa shape index (κ1) is 22.4. The first-order valence-corrected chi connectivity index (χ1v) is 10.7. The number of carbonyl (C=O) groups excluding carboxylic acids is 2. The van der Waals surface area contributed by atoms with Crippen molar-refractivity contribution in [3.63, 3.8) is 0 Å². The molecule has 1 aromatic heterocycles. The van der Waals surface area contributed by atoms with Crippen LogP contribution in [0.2, 0.25) is 0 Å². The molecule has 0 unspecified atom stereocenters. The Morgan fingerprint density at radius 2 is 1.71 bits per heavy atom. The molecule has 2 amide bonds. The zero-order valence-electron chi connectivity index (χ0n) is 17.9. The highest BCUT2D eigenvalue weighted by molar-refractivity contribution is 7.99. The first-order valence-electron chi connectivity index (χ1n) is 9.67. The van der Waals surface area contributed by atoms with Crippen molar-refractivity contribution in [2.75, 3.05) is 23.5 Å². The van der Waals surface area contributed by atoms with Gasteiger partial charge in [0.15, 0.2) is 5.16 Å². The van der Waals surface area contributed by atoms with Crippen LogP contribution in [0.3, 0.4) is 0 Å². The van der Waals surface area contributed by atoms with E-state index >= 15 is 0 Å². The topological polar surface area (TPSA) is 98.1 Å². The lowest BCUT2D eigenvalue weighted by atomic mass is 10.1. The van der Waals surface area contributed by atoms with Crippen molar-refractivity contribution in [2.24, 2.45) is 7.05 Å². The Labute approximate surface area is 185 Å². The molecule has 3 aromatic rings. The average Bonchev–Trinajstić information content (AvgIpc) is 3.05. The van der Waals surface area contributed by atoms with Crippen LogP contribution in [0, 0.1) is 13.8 Å². The Hall–Kier alpha value is -3.33. The van der Waals surface area contributed by atoms with E-state index in [1.165, 1.54) is 11.8 Å². The molecule has 3 rings (SSSR count). The third-order valence-corrected chi connectivity index (χ3v) is 5.46. The molecule has 0 bridgehead atoms. The van der Waals surface area contributed by atoms with Gasteiger partial charge in [-0.25, -0.2) is 0 Å². The van der Waals surface area contributed by atoms with Gasteiger partial charge in [-0.15, -0.1) is 10.2 Å². The number of hydrogen-bond acceptors (Lipinski definition) is 6. The second-order valence-corrected chi connectivity index (χ2v) is 8.07. The molecule has 1 heterocycles. The summed E-state index contributed by atoms with van der Waals surface area (Å²) >= 11 is 1.27. The number of aromatic nitrogens is 3. The lowest BCUT2D eigenvalue weighted by Crippen LogP contribution is -2.17. The lowest BCUT2D eigenvalue weighted by molar-refractivity contribution is -0.116. The lowest BCUT2D eigenvalue weighted by Gasteiger charge is -2.08. The highest BCUT2D eigenvalue weighted by Gasteiger charge is 2.15. The number of rotatable bonds is 8. The van der Waals surface area contributed by atoms with Crippen LogP contribution in [0.25, 0.3) is 0 Å². The number of ether oxygens (including phenoxy) is 1. The van der Waals surface area contributed by atoms with Gasteiger partial charge in [-0.05, 0) is 49.2 Å². The molecule has 0 aliphatic carbocycles. The predicted octanol–water partition coefficient (Wildman–Crippen LogP) is 3.35. The zero-order chi connectivity index (χ0) is 22.4. The molecule has 0 atom stereocenters. The Balaban J connectivity index is 1.54. The van der Waals surface area contributed by atoms with Gasteiger partial charge >= 0.3 is 0 Å². The van der Waals surface area contributed by atoms with E-state index in [0.29, 0.717) is 22.4 Å². The van der Waals surface area contributed by atoms with Crippen LogP contribution in [0.15, 0.2) is 47.6 Å². The van der Waals surface area contributed by atoms with Gasteiger partial charge < -0.3 is 19.9 Å². The minimum absolute atomic E-state index is 0.0655. The van der Waals surface area contributed by atoms with Crippen molar-refractivity contribution in [3.05, 3.63) is 59.4 Å². The third-order valence-electron chi connectivity index (χ3n) is 4.44.